The van der Waals surface area contributed by atoms with E-state index in [9.17, 15) is 19.1 Å². The van der Waals surface area contributed by atoms with Gasteiger partial charge in [-0.2, -0.15) is 0 Å². The molecule has 0 unspecified atom stereocenters. The van der Waals surface area contributed by atoms with Crippen LogP contribution in [0, 0.1) is 11.2 Å². The molecule has 6 nitrogen and oxygen atoms in total. The SMILES string of the molecule is CC(C)(CO)[C@H](CNC(=O)c1ccc(F)cc1NC(=O)c1ccoc1)c1ccccc1. The molecule has 3 rings (SSSR count). The minimum Gasteiger partial charge on any atom is -0.472 e. The fraction of sp³-hybridized carbons (Fsp3) is 0.250. The number of furan rings is 1. The largest absolute Gasteiger partial charge is 0.472 e. The van der Waals surface area contributed by atoms with E-state index in [1.54, 1.807) is 0 Å². The van der Waals surface area contributed by atoms with Gasteiger partial charge < -0.3 is 20.2 Å². The zero-order valence-electron chi connectivity index (χ0n) is 17.4. The molecule has 0 saturated heterocycles. The van der Waals surface area contributed by atoms with E-state index in [-0.39, 0.29) is 35.9 Å². The lowest BCUT2D eigenvalue weighted by Crippen LogP contribution is -2.37. The number of hydrogen-bond acceptors (Lipinski definition) is 4. The summed E-state index contributed by atoms with van der Waals surface area (Å²) < 4.78 is 18.7. The molecule has 0 spiro atoms. The number of aliphatic hydroxyl groups excluding tert-OH is 1. The van der Waals surface area contributed by atoms with Crippen molar-refractivity contribution < 1.29 is 23.5 Å². The van der Waals surface area contributed by atoms with Crippen LogP contribution < -0.4 is 10.6 Å². The van der Waals surface area contributed by atoms with Crippen LogP contribution in [0.4, 0.5) is 10.1 Å². The quantitative estimate of drug-likeness (QED) is 0.505. The minimum absolute atomic E-state index is 0.0568. The van der Waals surface area contributed by atoms with Gasteiger partial charge in [0.25, 0.3) is 11.8 Å². The number of hydrogen-bond donors (Lipinski definition) is 3. The van der Waals surface area contributed by atoms with E-state index in [0.717, 1.165) is 17.7 Å². The van der Waals surface area contributed by atoms with Gasteiger partial charge in [-0.3, -0.25) is 9.59 Å². The Morgan fingerprint density at radius 1 is 1.10 bits per heavy atom. The third-order valence-electron chi connectivity index (χ3n) is 5.28. The lowest BCUT2D eigenvalue weighted by atomic mass is 9.75. The van der Waals surface area contributed by atoms with Gasteiger partial charge >= 0.3 is 0 Å². The second-order valence-corrected chi connectivity index (χ2v) is 7.98. The van der Waals surface area contributed by atoms with Gasteiger partial charge in [-0.15, -0.1) is 0 Å². The zero-order chi connectivity index (χ0) is 22.4. The third kappa shape index (κ3) is 5.38. The van der Waals surface area contributed by atoms with Crippen LogP contribution in [0.5, 0.6) is 0 Å². The summed E-state index contributed by atoms with van der Waals surface area (Å²) in [5.74, 6) is -1.72. The molecule has 7 heteroatoms. The molecule has 0 aliphatic rings. The van der Waals surface area contributed by atoms with Crippen molar-refractivity contribution in [1.82, 2.24) is 5.32 Å². The Morgan fingerprint density at radius 3 is 2.48 bits per heavy atom. The second kappa shape index (κ2) is 9.57. The molecule has 0 bridgehead atoms. The number of carbonyl (C=O) groups is 2. The van der Waals surface area contributed by atoms with Crippen molar-refractivity contribution in [3.63, 3.8) is 0 Å². The smallest absolute Gasteiger partial charge is 0.258 e. The highest BCUT2D eigenvalue weighted by molar-refractivity contribution is 6.08. The number of nitrogens with one attached hydrogen (secondary N) is 2. The number of halogens is 1. The average molecular weight is 424 g/mol. The van der Waals surface area contributed by atoms with Crippen LogP contribution in [0.2, 0.25) is 0 Å². The summed E-state index contributed by atoms with van der Waals surface area (Å²) in [6.07, 6.45) is 2.61. The molecule has 2 aromatic carbocycles. The lowest BCUT2D eigenvalue weighted by molar-refractivity contribution is 0.0921. The molecule has 0 aliphatic heterocycles. The first kappa shape index (κ1) is 22.2. The van der Waals surface area contributed by atoms with E-state index in [2.05, 4.69) is 10.6 Å². The van der Waals surface area contributed by atoms with Crippen LogP contribution in [-0.4, -0.2) is 30.1 Å². The van der Waals surface area contributed by atoms with Gasteiger partial charge in [0.2, 0.25) is 0 Å². The average Bonchev–Trinajstić information content (AvgIpc) is 3.29. The molecule has 1 aromatic heterocycles. The van der Waals surface area contributed by atoms with Crippen molar-refractivity contribution >= 4 is 17.5 Å². The molecule has 0 aliphatic carbocycles. The molecular weight excluding hydrogens is 399 g/mol. The summed E-state index contributed by atoms with van der Waals surface area (Å²) in [5.41, 5.74) is 0.933. The van der Waals surface area contributed by atoms with Crippen molar-refractivity contribution in [3.05, 3.63) is 89.6 Å². The van der Waals surface area contributed by atoms with E-state index >= 15 is 0 Å². The van der Waals surface area contributed by atoms with E-state index < -0.39 is 23.0 Å². The summed E-state index contributed by atoms with van der Waals surface area (Å²) in [5, 5.41) is 15.3. The number of benzene rings is 2. The van der Waals surface area contributed by atoms with E-state index in [1.807, 2.05) is 44.2 Å². The summed E-state index contributed by atoms with van der Waals surface area (Å²) in [7, 11) is 0. The molecule has 162 valence electrons. The van der Waals surface area contributed by atoms with Gasteiger partial charge in [-0.25, -0.2) is 4.39 Å². The van der Waals surface area contributed by atoms with Crippen LogP contribution in [-0.2, 0) is 0 Å². The van der Waals surface area contributed by atoms with Gasteiger partial charge in [0, 0.05) is 19.1 Å². The number of aliphatic hydroxyl groups is 1. The molecule has 0 radical (unpaired) electrons. The molecule has 31 heavy (non-hydrogen) atoms. The zero-order valence-corrected chi connectivity index (χ0v) is 17.4. The normalized spacial score (nSPS) is 12.3. The monoisotopic (exact) mass is 424 g/mol. The number of amides is 2. The number of carbonyl (C=O) groups excluding carboxylic acids is 2. The van der Waals surface area contributed by atoms with Crippen molar-refractivity contribution in [1.29, 1.82) is 0 Å². The standard InChI is InChI=1S/C24H25FN2O4/c1-24(2,15-28)20(16-6-4-3-5-7-16)13-26-23(30)19-9-8-18(25)12-21(19)27-22(29)17-10-11-31-14-17/h3-12,14,20,28H,13,15H2,1-2H3,(H,26,30)(H,27,29)/t20-/m1/s1. The molecule has 0 fully saturated rings. The molecule has 2 amide bonds. The maximum Gasteiger partial charge on any atom is 0.258 e. The highest BCUT2D eigenvalue weighted by atomic mass is 19.1. The summed E-state index contributed by atoms with van der Waals surface area (Å²) in [6, 6.07) is 14.7. The van der Waals surface area contributed by atoms with Crippen molar-refractivity contribution in [2.45, 2.75) is 19.8 Å². The fourth-order valence-corrected chi connectivity index (χ4v) is 3.34. The molecule has 3 aromatic rings. The van der Waals surface area contributed by atoms with Gasteiger partial charge in [-0.05, 0) is 35.2 Å². The molecular formula is C24H25FN2O4. The second-order valence-electron chi connectivity index (χ2n) is 7.98. The summed E-state index contributed by atoms with van der Waals surface area (Å²) in [4.78, 5) is 25.3. The first-order valence-electron chi connectivity index (χ1n) is 9.89. The minimum atomic E-state index is -0.581. The third-order valence-corrected chi connectivity index (χ3v) is 5.28. The highest BCUT2D eigenvalue weighted by Gasteiger charge is 2.31. The first-order valence-corrected chi connectivity index (χ1v) is 9.89. The van der Waals surface area contributed by atoms with Crippen LogP contribution in [0.1, 0.15) is 46.0 Å². The highest BCUT2D eigenvalue weighted by Crippen LogP contribution is 2.34. The molecule has 1 heterocycles. The van der Waals surface area contributed by atoms with Crippen molar-refractivity contribution in [2.75, 3.05) is 18.5 Å². The van der Waals surface area contributed by atoms with E-state index in [4.69, 9.17) is 4.42 Å². The topological polar surface area (TPSA) is 91.6 Å². The lowest BCUT2D eigenvalue weighted by Gasteiger charge is -2.33. The Hall–Kier alpha value is -3.45. The Bertz CT molecular complexity index is 1030. The number of anilines is 1. The van der Waals surface area contributed by atoms with Crippen molar-refractivity contribution in [2.24, 2.45) is 5.41 Å². The summed E-state index contributed by atoms with van der Waals surface area (Å²) >= 11 is 0. The Labute approximate surface area is 180 Å². The van der Waals surface area contributed by atoms with Crippen LogP contribution in [0.15, 0.2) is 71.5 Å². The predicted molar refractivity (Wildman–Crippen MR) is 115 cm³/mol. The first-order chi connectivity index (χ1) is 14.8. The molecule has 3 N–H and O–H groups in total. The predicted octanol–water partition coefficient (Wildman–Crippen LogP) is 4.20. The Morgan fingerprint density at radius 2 is 1.84 bits per heavy atom. The van der Waals surface area contributed by atoms with Crippen LogP contribution in [0.3, 0.4) is 0 Å². The van der Waals surface area contributed by atoms with Crippen LogP contribution in [0.25, 0.3) is 0 Å². The molecule has 0 saturated carbocycles. The van der Waals surface area contributed by atoms with Gasteiger partial charge in [0.05, 0.1) is 23.1 Å². The molecule has 1 atom stereocenters. The Balaban J connectivity index is 1.80. The van der Waals surface area contributed by atoms with Gasteiger partial charge in [0.15, 0.2) is 0 Å². The maximum atomic E-state index is 13.8. The Kier molecular flexibility index (Phi) is 6.87. The van der Waals surface area contributed by atoms with E-state index in [1.165, 1.54) is 24.7 Å². The van der Waals surface area contributed by atoms with Crippen LogP contribution >= 0.6 is 0 Å². The van der Waals surface area contributed by atoms with E-state index in [0.29, 0.717) is 0 Å². The van der Waals surface area contributed by atoms with Crippen molar-refractivity contribution in [3.8, 4) is 0 Å². The van der Waals surface area contributed by atoms with Gasteiger partial charge in [-0.1, -0.05) is 44.2 Å². The maximum absolute atomic E-state index is 13.8. The fourth-order valence-electron chi connectivity index (χ4n) is 3.34. The summed E-state index contributed by atoms with van der Waals surface area (Å²) in [6.45, 7) is 4.03. The number of rotatable bonds is 8. The van der Waals surface area contributed by atoms with Gasteiger partial charge in [0.1, 0.15) is 12.1 Å².